The number of nitro benzene ring substituents is 1. The Morgan fingerprint density at radius 1 is 1.07 bits per heavy atom. The van der Waals surface area contributed by atoms with E-state index in [9.17, 15) is 19.7 Å². The Kier molecular flexibility index (Phi) is 7.33. The maximum absolute atomic E-state index is 13.3. The highest BCUT2D eigenvalue weighted by molar-refractivity contribution is 6.37. The molecular formula is C30H30N6O6. The molecule has 1 fully saturated rings. The van der Waals surface area contributed by atoms with E-state index in [2.05, 4.69) is 27.5 Å². The van der Waals surface area contributed by atoms with E-state index in [1.165, 1.54) is 12.1 Å². The van der Waals surface area contributed by atoms with Crippen LogP contribution in [0.4, 0.5) is 22.7 Å². The normalized spacial score (nSPS) is 17.6. The van der Waals surface area contributed by atoms with Gasteiger partial charge >= 0.3 is 0 Å². The quantitative estimate of drug-likeness (QED) is 0.190. The van der Waals surface area contributed by atoms with Crippen LogP contribution in [-0.4, -0.2) is 73.4 Å². The van der Waals surface area contributed by atoms with Gasteiger partial charge in [-0.15, -0.1) is 0 Å². The summed E-state index contributed by atoms with van der Waals surface area (Å²) in [6.07, 6.45) is 0. The summed E-state index contributed by atoms with van der Waals surface area (Å²) in [6, 6.07) is 17.2. The SMILES string of the molecule is CN1CCN(CC(=O)N(C)c2ccc(N/C(=C3\C(=O)Nc4cc([N+](=O)[O-])ccc43)c3ccc4c(c3)OOC4)cc2)CC1. The third-order valence-electron chi connectivity index (χ3n) is 7.78. The van der Waals surface area contributed by atoms with Crippen LogP contribution in [-0.2, 0) is 21.1 Å². The predicted octanol–water partition coefficient (Wildman–Crippen LogP) is 3.56. The van der Waals surface area contributed by atoms with Crippen LogP contribution in [0.2, 0.25) is 0 Å². The van der Waals surface area contributed by atoms with E-state index in [1.54, 1.807) is 24.1 Å². The van der Waals surface area contributed by atoms with Gasteiger partial charge in [-0.05, 0) is 43.4 Å². The number of anilines is 3. The van der Waals surface area contributed by atoms with E-state index in [0.717, 1.165) is 37.4 Å². The molecule has 0 radical (unpaired) electrons. The first-order chi connectivity index (χ1) is 20.3. The first-order valence-corrected chi connectivity index (χ1v) is 13.6. The minimum atomic E-state index is -0.500. The van der Waals surface area contributed by atoms with Gasteiger partial charge in [-0.3, -0.25) is 24.6 Å². The monoisotopic (exact) mass is 570 g/mol. The molecule has 3 heterocycles. The lowest BCUT2D eigenvalue weighted by Gasteiger charge is -2.32. The van der Waals surface area contributed by atoms with Gasteiger partial charge in [0.1, 0.15) is 6.61 Å². The highest BCUT2D eigenvalue weighted by atomic mass is 17.2. The Morgan fingerprint density at radius 2 is 1.83 bits per heavy atom. The number of non-ortho nitro benzene ring substituents is 1. The molecule has 0 aliphatic carbocycles. The van der Waals surface area contributed by atoms with Crippen LogP contribution >= 0.6 is 0 Å². The minimum Gasteiger partial charge on any atom is -0.354 e. The zero-order valence-electron chi connectivity index (χ0n) is 23.3. The molecule has 0 atom stereocenters. The molecule has 0 spiro atoms. The number of nitrogens with zero attached hydrogens (tertiary/aromatic N) is 4. The van der Waals surface area contributed by atoms with Crippen LogP contribution in [0, 0.1) is 10.1 Å². The largest absolute Gasteiger partial charge is 0.354 e. The molecule has 3 aliphatic rings. The summed E-state index contributed by atoms with van der Waals surface area (Å²) in [6.45, 7) is 4.29. The zero-order chi connectivity index (χ0) is 29.4. The molecule has 0 aromatic heterocycles. The van der Waals surface area contributed by atoms with Crippen molar-refractivity contribution in [3.05, 3.63) is 87.5 Å². The Bertz CT molecular complexity index is 1600. The molecule has 12 nitrogen and oxygen atoms in total. The Hall–Kier alpha value is -4.78. The molecule has 3 aliphatic heterocycles. The number of nitrogens with one attached hydrogen (secondary N) is 2. The van der Waals surface area contributed by atoms with E-state index in [0.29, 0.717) is 52.7 Å². The summed E-state index contributed by atoms with van der Waals surface area (Å²) in [7, 11) is 3.85. The molecule has 0 saturated carbocycles. The fraction of sp³-hybridized carbons (Fsp3) is 0.267. The van der Waals surface area contributed by atoms with Crippen LogP contribution in [0.3, 0.4) is 0 Å². The molecule has 216 valence electrons. The fourth-order valence-corrected chi connectivity index (χ4v) is 5.22. The third kappa shape index (κ3) is 5.42. The van der Waals surface area contributed by atoms with Gasteiger partial charge in [-0.2, -0.15) is 4.89 Å². The Balaban J connectivity index is 1.29. The molecule has 42 heavy (non-hydrogen) atoms. The lowest BCUT2D eigenvalue weighted by molar-refractivity contribution is -0.384. The van der Waals surface area contributed by atoms with Crippen molar-refractivity contribution in [2.24, 2.45) is 0 Å². The Labute approximate surface area is 242 Å². The van der Waals surface area contributed by atoms with Gasteiger partial charge in [0.15, 0.2) is 5.75 Å². The van der Waals surface area contributed by atoms with Crippen LogP contribution in [0.25, 0.3) is 11.3 Å². The third-order valence-corrected chi connectivity index (χ3v) is 7.78. The summed E-state index contributed by atoms with van der Waals surface area (Å²) in [5.41, 5.74) is 4.58. The molecule has 0 bridgehead atoms. The maximum Gasteiger partial charge on any atom is 0.271 e. The van der Waals surface area contributed by atoms with Crippen molar-refractivity contribution < 1.29 is 24.3 Å². The van der Waals surface area contributed by atoms with Gasteiger partial charge in [-0.25, -0.2) is 0 Å². The van der Waals surface area contributed by atoms with Crippen molar-refractivity contribution in [1.82, 2.24) is 9.80 Å². The number of amides is 2. The number of hydrogen-bond donors (Lipinski definition) is 2. The lowest BCUT2D eigenvalue weighted by atomic mass is 9.98. The molecule has 3 aromatic rings. The average Bonchev–Trinajstić information content (AvgIpc) is 3.59. The van der Waals surface area contributed by atoms with E-state index >= 15 is 0 Å². The van der Waals surface area contributed by atoms with Gasteiger partial charge in [0, 0.05) is 73.4 Å². The molecule has 6 rings (SSSR count). The minimum absolute atomic E-state index is 0.0109. The van der Waals surface area contributed by atoms with Crippen molar-refractivity contribution in [3.8, 4) is 5.75 Å². The van der Waals surface area contributed by atoms with Gasteiger partial charge < -0.3 is 25.3 Å². The first kappa shape index (κ1) is 27.4. The fourth-order valence-electron chi connectivity index (χ4n) is 5.22. The summed E-state index contributed by atoms with van der Waals surface area (Å²) in [4.78, 5) is 53.5. The van der Waals surface area contributed by atoms with Crippen LogP contribution < -0.4 is 20.4 Å². The van der Waals surface area contributed by atoms with E-state index in [4.69, 9.17) is 9.78 Å². The van der Waals surface area contributed by atoms with Crippen molar-refractivity contribution in [3.63, 3.8) is 0 Å². The highest BCUT2D eigenvalue weighted by Crippen LogP contribution is 2.40. The molecule has 2 amide bonds. The average molecular weight is 571 g/mol. The lowest BCUT2D eigenvalue weighted by Crippen LogP contribution is -2.48. The van der Waals surface area contributed by atoms with Crippen molar-refractivity contribution in [1.29, 1.82) is 0 Å². The van der Waals surface area contributed by atoms with E-state index in [1.807, 2.05) is 36.4 Å². The van der Waals surface area contributed by atoms with Crippen molar-refractivity contribution >= 4 is 45.8 Å². The van der Waals surface area contributed by atoms with Gasteiger partial charge in [-0.1, -0.05) is 12.1 Å². The second kappa shape index (κ2) is 11.2. The maximum atomic E-state index is 13.3. The van der Waals surface area contributed by atoms with Crippen LogP contribution in [0.15, 0.2) is 60.7 Å². The molecule has 3 aromatic carbocycles. The molecule has 12 heteroatoms. The highest BCUT2D eigenvalue weighted by Gasteiger charge is 2.31. The van der Waals surface area contributed by atoms with Crippen LogP contribution in [0.5, 0.6) is 5.75 Å². The zero-order valence-corrected chi connectivity index (χ0v) is 23.3. The first-order valence-electron chi connectivity index (χ1n) is 13.6. The summed E-state index contributed by atoms with van der Waals surface area (Å²) < 4.78 is 0. The number of carbonyl (C=O) groups is 2. The van der Waals surface area contributed by atoms with Crippen molar-refractivity contribution in [2.75, 3.05) is 62.4 Å². The van der Waals surface area contributed by atoms with Gasteiger partial charge in [0.05, 0.1) is 28.4 Å². The molecule has 0 unspecified atom stereocenters. The second-order valence-corrected chi connectivity index (χ2v) is 10.6. The number of benzene rings is 3. The van der Waals surface area contributed by atoms with Crippen LogP contribution in [0.1, 0.15) is 16.7 Å². The second-order valence-electron chi connectivity index (χ2n) is 10.6. The number of piperazine rings is 1. The standard InChI is InChI=1S/C30H30N6O6/c1-33-11-13-35(14-12-33)17-27(37)34(2)22-7-5-21(6-8-22)31-29(19-3-4-20-18-41-42-26(20)15-19)28-24-10-9-23(36(39)40)16-25(24)32-30(28)38/h3-10,15-16,31H,11-14,17-18H2,1-2H3,(H,32,38)/b29-28-. The number of carbonyl (C=O) groups excluding carboxylic acids is 2. The number of hydrogen-bond acceptors (Lipinski definition) is 9. The topological polar surface area (TPSA) is 130 Å². The predicted molar refractivity (Wildman–Crippen MR) is 158 cm³/mol. The van der Waals surface area contributed by atoms with Gasteiger partial charge in [0.2, 0.25) is 5.91 Å². The summed E-state index contributed by atoms with van der Waals surface area (Å²) >= 11 is 0. The van der Waals surface area contributed by atoms with E-state index < -0.39 is 10.8 Å². The number of rotatable bonds is 7. The van der Waals surface area contributed by atoms with Gasteiger partial charge in [0.25, 0.3) is 11.6 Å². The number of fused-ring (bicyclic) bond motifs is 2. The summed E-state index contributed by atoms with van der Waals surface area (Å²) in [5, 5.41) is 17.4. The van der Waals surface area contributed by atoms with E-state index in [-0.39, 0.29) is 11.6 Å². The number of likely N-dealkylation sites (N-methyl/N-ethyl adjacent to an activating group) is 2. The number of nitro groups is 1. The Morgan fingerprint density at radius 3 is 2.57 bits per heavy atom. The smallest absolute Gasteiger partial charge is 0.271 e. The molecular weight excluding hydrogens is 540 g/mol. The van der Waals surface area contributed by atoms with Crippen molar-refractivity contribution in [2.45, 2.75) is 6.61 Å². The molecule has 1 saturated heterocycles. The summed E-state index contributed by atoms with van der Waals surface area (Å²) in [5.74, 6) is 0.166. The molecule has 2 N–H and O–H groups in total.